The van der Waals surface area contributed by atoms with Crippen LogP contribution >= 0.6 is 0 Å². The molecule has 0 aliphatic carbocycles. The number of nitrogens with two attached hydrogens (primary N) is 2. The van der Waals surface area contributed by atoms with Crippen molar-refractivity contribution in [3.63, 3.8) is 0 Å². The molecule has 4 N–H and O–H groups in total. The third-order valence-corrected chi connectivity index (χ3v) is 2.98. The molecule has 0 aromatic carbocycles. The van der Waals surface area contributed by atoms with Crippen molar-refractivity contribution in [3.05, 3.63) is 0 Å². The van der Waals surface area contributed by atoms with Crippen molar-refractivity contribution < 1.29 is 0 Å². The molecule has 13 heavy (non-hydrogen) atoms. The summed E-state index contributed by atoms with van der Waals surface area (Å²) in [6, 6.07) is 0. The molecule has 0 aromatic heterocycles. The molecule has 0 spiro atoms. The Bertz CT molecular complexity index is 113. The average Bonchev–Trinajstić information content (AvgIpc) is 2.11. The Labute approximate surface area is 83.1 Å². The van der Waals surface area contributed by atoms with E-state index in [-0.39, 0.29) is 6.17 Å². The second-order valence-electron chi connectivity index (χ2n) is 4.04. The molecule has 0 rings (SSSR count). The maximum absolute atomic E-state index is 5.72. The van der Waals surface area contributed by atoms with Crippen LogP contribution in [0.15, 0.2) is 0 Å². The summed E-state index contributed by atoms with van der Waals surface area (Å²) in [4.78, 5) is 0. The minimum absolute atomic E-state index is 0.129. The van der Waals surface area contributed by atoms with Crippen LogP contribution in [0, 0.1) is 11.8 Å². The molecule has 0 radical (unpaired) electrons. The summed E-state index contributed by atoms with van der Waals surface area (Å²) in [6.45, 7) is 6.68. The van der Waals surface area contributed by atoms with E-state index in [1.807, 2.05) is 0 Å². The summed E-state index contributed by atoms with van der Waals surface area (Å²) in [5.74, 6) is 1.33. The Balaban J connectivity index is 3.87. The lowest BCUT2D eigenvalue weighted by atomic mass is 9.86. The molecule has 0 aliphatic rings. The minimum Gasteiger partial charge on any atom is -0.316 e. The largest absolute Gasteiger partial charge is 0.316 e. The fourth-order valence-electron chi connectivity index (χ4n) is 1.92. The molecule has 0 saturated heterocycles. The van der Waals surface area contributed by atoms with E-state index in [1.54, 1.807) is 0 Å². The maximum Gasteiger partial charge on any atom is 0.0549 e. The first-order chi connectivity index (χ1) is 6.15. The van der Waals surface area contributed by atoms with Gasteiger partial charge in [-0.3, -0.25) is 0 Å². The second kappa shape index (κ2) is 7.34. The second-order valence-corrected chi connectivity index (χ2v) is 4.04. The van der Waals surface area contributed by atoms with Gasteiger partial charge in [0.25, 0.3) is 0 Å². The van der Waals surface area contributed by atoms with E-state index in [4.69, 9.17) is 11.5 Å². The van der Waals surface area contributed by atoms with Crippen molar-refractivity contribution in [1.29, 1.82) is 0 Å². The Morgan fingerprint density at radius 1 is 1.00 bits per heavy atom. The van der Waals surface area contributed by atoms with Crippen LogP contribution in [0.3, 0.4) is 0 Å². The maximum atomic E-state index is 5.72. The van der Waals surface area contributed by atoms with E-state index in [0.29, 0.717) is 5.92 Å². The highest BCUT2D eigenvalue weighted by Gasteiger charge is 2.16. The minimum atomic E-state index is -0.129. The van der Waals surface area contributed by atoms with Crippen molar-refractivity contribution in [1.82, 2.24) is 0 Å². The van der Waals surface area contributed by atoms with E-state index in [0.717, 1.165) is 12.3 Å². The molecule has 0 saturated carbocycles. The van der Waals surface area contributed by atoms with Crippen LogP contribution in [0.5, 0.6) is 0 Å². The van der Waals surface area contributed by atoms with Gasteiger partial charge in [0, 0.05) is 0 Å². The summed E-state index contributed by atoms with van der Waals surface area (Å²) in [5, 5.41) is 0. The monoisotopic (exact) mass is 186 g/mol. The van der Waals surface area contributed by atoms with E-state index in [2.05, 4.69) is 20.8 Å². The number of hydrogen-bond acceptors (Lipinski definition) is 2. The van der Waals surface area contributed by atoms with E-state index >= 15 is 0 Å². The van der Waals surface area contributed by atoms with Crippen LogP contribution in [-0.4, -0.2) is 6.17 Å². The SMILES string of the molecule is CCCC(CC)CC(CC)C(N)N. The third-order valence-electron chi connectivity index (χ3n) is 2.98. The van der Waals surface area contributed by atoms with Crippen LogP contribution in [-0.2, 0) is 0 Å². The van der Waals surface area contributed by atoms with Gasteiger partial charge in [-0.15, -0.1) is 0 Å². The molecule has 0 fully saturated rings. The molecule has 2 heteroatoms. The summed E-state index contributed by atoms with van der Waals surface area (Å²) in [5.41, 5.74) is 11.4. The molecular weight excluding hydrogens is 160 g/mol. The standard InChI is InChI=1S/C11H26N2/c1-4-7-9(5-2)8-10(6-3)11(12)13/h9-11H,4-8,12-13H2,1-3H3. The first-order valence-electron chi connectivity index (χ1n) is 5.66. The molecule has 80 valence electrons. The highest BCUT2D eigenvalue weighted by molar-refractivity contribution is 4.70. The lowest BCUT2D eigenvalue weighted by Gasteiger charge is -2.24. The molecule has 0 bridgehead atoms. The lowest BCUT2D eigenvalue weighted by Crippen LogP contribution is -2.39. The van der Waals surface area contributed by atoms with Gasteiger partial charge >= 0.3 is 0 Å². The van der Waals surface area contributed by atoms with Crippen molar-refractivity contribution in [2.75, 3.05) is 0 Å². The van der Waals surface area contributed by atoms with E-state index in [9.17, 15) is 0 Å². The highest BCUT2D eigenvalue weighted by Crippen LogP contribution is 2.23. The van der Waals surface area contributed by atoms with Gasteiger partial charge in [-0.1, -0.05) is 46.5 Å². The van der Waals surface area contributed by atoms with Crippen LogP contribution in [0.25, 0.3) is 0 Å². The lowest BCUT2D eigenvalue weighted by molar-refractivity contribution is 0.297. The van der Waals surface area contributed by atoms with Gasteiger partial charge in [0.1, 0.15) is 0 Å². The molecule has 2 unspecified atom stereocenters. The van der Waals surface area contributed by atoms with Crippen molar-refractivity contribution in [2.24, 2.45) is 23.3 Å². The van der Waals surface area contributed by atoms with Gasteiger partial charge in [0.2, 0.25) is 0 Å². The average molecular weight is 186 g/mol. The van der Waals surface area contributed by atoms with E-state index < -0.39 is 0 Å². The van der Waals surface area contributed by atoms with Crippen LogP contribution in [0.1, 0.15) is 52.9 Å². The van der Waals surface area contributed by atoms with Crippen molar-refractivity contribution in [3.8, 4) is 0 Å². The molecule has 2 nitrogen and oxygen atoms in total. The molecule has 0 heterocycles. The molecule has 0 aromatic rings. The predicted octanol–water partition coefficient (Wildman–Crippen LogP) is 2.47. The fourth-order valence-corrected chi connectivity index (χ4v) is 1.92. The normalized spacial score (nSPS) is 16.2. The number of rotatable bonds is 7. The van der Waals surface area contributed by atoms with Crippen molar-refractivity contribution >= 4 is 0 Å². The van der Waals surface area contributed by atoms with Crippen LogP contribution in [0.4, 0.5) is 0 Å². The molecular formula is C11H26N2. The van der Waals surface area contributed by atoms with Gasteiger partial charge in [-0.2, -0.15) is 0 Å². The van der Waals surface area contributed by atoms with E-state index in [1.165, 1.54) is 25.7 Å². The van der Waals surface area contributed by atoms with Gasteiger partial charge in [-0.25, -0.2) is 0 Å². The van der Waals surface area contributed by atoms with Gasteiger partial charge < -0.3 is 11.5 Å². The van der Waals surface area contributed by atoms with Gasteiger partial charge in [0.05, 0.1) is 6.17 Å². The summed E-state index contributed by atoms with van der Waals surface area (Å²) in [7, 11) is 0. The summed E-state index contributed by atoms with van der Waals surface area (Å²) < 4.78 is 0. The first-order valence-corrected chi connectivity index (χ1v) is 5.66. The smallest absolute Gasteiger partial charge is 0.0549 e. The highest BCUT2D eigenvalue weighted by atomic mass is 14.9. The first kappa shape index (κ1) is 12.9. The molecule has 2 atom stereocenters. The zero-order valence-electron chi connectivity index (χ0n) is 9.42. The van der Waals surface area contributed by atoms with Crippen LogP contribution < -0.4 is 11.5 Å². The Kier molecular flexibility index (Phi) is 7.29. The predicted molar refractivity (Wildman–Crippen MR) is 59.2 cm³/mol. The quantitative estimate of drug-likeness (QED) is 0.600. The topological polar surface area (TPSA) is 52.0 Å². The third kappa shape index (κ3) is 5.27. The van der Waals surface area contributed by atoms with Crippen molar-refractivity contribution in [2.45, 2.75) is 59.0 Å². The summed E-state index contributed by atoms with van der Waals surface area (Å²) >= 11 is 0. The fraction of sp³-hybridized carbons (Fsp3) is 1.00. The summed E-state index contributed by atoms with van der Waals surface area (Å²) in [6.07, 6.45) is 6.04. The zero-order valence-corrected chi connectivity index (χ0v) is 9.42. The molecule has 0 amide bonds. The molecule has 0 aliphatic heterocycles. The van der Waals surface area contributed by atoms with Gasteiger partial charge in [-0.05, 0) is 18.3 Å². The number of hydrogen-bond donors (Lipinski definition) is 2. The zero-order chi connectivity index (χ0) is 10.3. The Morgan fingerprint density at radius 3 is 1.92 bits per heavy atom. The Morgan fingerprint density at radius 2 is 1.62 bits per heavy atom. The van der Waals surface area contributed by atoms with Gasteiger partial charge in [0.15, 0.2) is 0 Å². The van der Waals surface area contributed by atoms with Crippen LogP contribution in [0.2, 0.25) is 0 Å². The Hall–Kier alpha value is -0.0800.